The number of carbonyl (C=O) groups excluding carboxylic acids is 2. The first kappa shape index (κ1) is 25.7. The normalized spacial score (nSPS) is 17.3. The molecule has 2 aliphatic heterocycles. The summed E-state index contributed by atoms with van der Waals surface area (Å²) in [5.74, 6) is -1.11. The highest BCUT2D eigenvalue weighted by atomic mass is 19.1. The molecule has 3 heterocycles. The van der Waals surface area contributed by atoms with Crippen molar-refractivity contribution in [3.05, 3.63) is 141 Å². The van der Waals surface area contributed by atoms with E-state index in [0.29, 0.717) is 23.4 Å². The fraction of sp³-hybridized carbons (Fsp3) is 0.147. The standard InChI is InChI=1S/C34H25FN2O5/c1-41-24-14-11-21(12-15-24)17-18-37-32(39)31-29(30(38)25-19-23(35)13-16-28(25)42-31)34(37)26-9-5-6-10-27(26)36(33(34)40)20-22-7-3-2-4-8-22/h2-16,19H,17-18,20H2,1H3. The van der Waals surface area contributed by atoms with Gasteiger partial charge in [-0.1, -0.05) is 60.7 Å². The maximum atomic E-state index is 14.8. The van der Waals surface area contributed by atoms with Crippen LogP contribution in [-0.2, 0) is 23.3 Å². The topological polar surface area (TPSA) is 80.1 Å². The zero-order valence-electron chi connectivity index (χ0n) is 22.7. The van der Waals surface area contributed by atoms with Crippen molar-refractivity contribution in [1.82, 2.24) is 4.90 Å². The van der Waals surface area contributed by atoms with Crippen molar-refractivity contribution in [2.45, 2.75) is 18.5 Å². The summed E-state index contributed by atoms with van der Waals surface area (Å²) in [4.78, 5) is 46.3. The summed E-state index contributed by atoms with van der Waals surface area (Å²) in [5.41, 5.74) is 0.548. The number of rotatable bonds is 6. The number of methoxy groups -OCH3 is 1. The molecule has 0 saturated carbocycles. The van der Waals surface area contributed by atoms with Gasteiger partial charge in [-0.2, -0.15) is 0 Å². The lowest BCUT2D eigenvalue weighted by Gasteiger charge is -2.34. The van der Waals surface area contributed by atoms with E-state index in [4.69, 9.17) is 9.15 Å². The average Bonchev–Trinajstić information content (AvgIpc) is 3.41. The Hall–Kier alpha value is -5.24. The van der Waals surface area contributed by atoms with Crippen molar-refractivity contribution in [3.8, 4) is 5.75 Å². The fourth-order valence-electron chi connectivity index (χ4n) is 6.22. The maximum absolute atomic E-state index is 14.8. The lowest BCUT2D eigenvalue weighted by Crippen LogP contribution is -2.53. The van der Waals surface area contributed by atoms with Crippen molar-refractivity contribution in [2.75, 3.05) is 18.6 Å². The number of ether oxygens (including phenoxy) is 1. The quantitative estimate of drug-likeness (QED) is 0.277. The number of benzene rings is 4. The molecule has 0 N–H and O–H groups in total. The van der Waals surface area contributed by atoms with Gasteiger partial charge in [0, 0.05) is 12.1 Å². The first-order valence-corrected chi connectivity index (χ1v) is 13.6. The van der Waals surface area contributed by atoms with Gasteiger partial charge in [-0.3, -0.25) is 14.4 Å². The third kappa shape index (κ3) is 3.68. The maximum Gasteiger partial charge on any atom is 0.291 e. The molecule has 208 valence electrons. The molecule has 2 amide bonds. The third-order valence-corrected chi connectivity index (χ3v) is 8.16. The molecule has 4 aromatic carbocycles. The predicted octanol–water partition coefficient (Wildman–Crippen LogP) is 5.43. The molecule has 1 unspecified atom stereocenters. The highest BCUT2D eigenvalue weighted by Gasteiger charge is 2.64. The van der Waals surface area contributed by atoms with Crippen molar-refractivity contribution in [2.24, 2.45) is 0 Å². The molecule has 2 aliphatic rings. The van der Waals surface area contributed by atoms with Gasteiger partial charge in [-0.15, -0.1) is 0 Å². The van der Waals surface area contributed by atoms with Gasteiger partial charge in [0.1, 0.15) is 17.1 Å². The molecular formula is C34H25FN2O5. The van der Waals surface area contributed by atoms with E-state index < -0.39 is 28.6 Å². The number of nitrogens with zero attached hydrogens (tertiary/aromatic N) is 2. The second-order valence-electron chi connectivity index (χ2n) is 10.4. The minimum atomic E-state index is -1.77. The highest BCUT2D eigenvalue weighted by molar-refractivity contribution is 6.17. The number of halogens is 1. The summed E-state index contributed by atoms with van der Waals surface area (Å²) in [6.07, 6.45) is 0.405. The first-order valence-electron chi connectivity index (χ1n) is 13.6. The van der Waals surface area contributed by atoms with Crippen LogP contribution < -0.4 is 15.1 Å². The van der Waals surface area contributed by atoms with Crippen LogP contribution in [0.4, 0.5) is 10.1 Å². The fourth-order valence-corrected chi connectivity index (χ4v) is 6.22. The summed E-state index contributed by atoms with van der Waals surface area (Å²) in [5, 5.41) is -0.0234. The summed E-state index contributed by atoms with van der Waals surface area (Å²) in [7, 11) is 1.59. The van der Waals surface area contributed by atoms with Gasteiger partial charge in [0.2, 0.25) is 5.76 Å². The Labute approximate surface area is 240 Å². The molecule has 0 saturated heterocycles. The summed E-state index contributed by atoms with van der Waals surface area (Å²) in [6.45, 7) is 0.362. The second-order valence-corrected chi connectivity index (χ2v) is 10.4. The number of para-hydroxylation sites is 1. The van der Waals surface area contributed by atoms with Crippen molar-refractivity contribution in [1.29, 1.82) is 0 Å². The van der Waals surface area contributed by atoms with E-state index in [-0.39, 0.29) is 35.4 Å². The van der Waals surface area contributed by atoms with Crippen molar-refractivity contribution in [3.63, 3.8) is 0 Å². The molecule has 7 rings (SSSR count). The van der Waals surface area contributed by atoms with Gasteiger partial charge in [0.05, 0.1) is 30.3 Å². The highest BCUT2D eigenvalue weighted by Crippen LogP contribution is 2.53. The number of hydrogen-bond donors (Lipinski definition) is 0. The van der Waals surface area contributed by atoms with Gasteiger partial charge in [0.25, 0.3) is 11.8 Å². The van der Waals surface area contributed by atoms with E-state index in [1.807, 2.05) is 66.7 Å². The van der Waals surface area contributed by atoms with Crippen LogP contribution >= 0.6 is 0 Å². The van der Waals surface area contributed by atoms with Gasteiger partial charge in [0.15, 0.2) is 11.0 Å². The van der Waals surface area contributed by atoms with Gasteiger partial charge in [-0.25, -0.2) is 4.39 Å². The first-order chi connectivity index (χ1) is 20.4. The monoisotopic (exact) mass is 560 g/mol. The van der Waals surface area contributed by atoms with Gasteiger partial charge < -0.3 is 19.0 Å². The summed E-state index contributed by atoms with van der Waals surface area (Å²) < 4.78 is 25.6. The molecule has 0 aliphatic carbocycles. The van der Waals surface area contributed by atoms with Gasteiger partial charge in [-0.05, 0) is 53.9 Å². The molecule has 1 spiro atoms. The Kier molecular flexibility index (Phi) is 5.93. The van der Waals surface area contributed by atoms with Crippen LogP contribution in [0, 0.1) is 5.82 Å². The predicted molar refractivity (Wildman–Crippen MR) is 155 cm³/mol. The molecule has 1 aromatic heterocycles. The Morgan fingerprint density at radius 2 is 1.60 bits per heavy atom. The Morgan fingerprint density at radius 1 is 0.857 bits per heavy atom. The van der Waals surface area contributed by atoms with Crippen molar-refractivity contribution >= 4 is 28.5 Å². The third-order valence-electron chi connectivity index (χ3n) is 8.16. The molecule has 5 aromatic rings. The number of carbonyl (C=O) groups is 2. The van der Waals surface area contributed by atoms with E-state index >= 15 is 0 Å². The second kappa shape index (κ2) is 9.69. The molecule has 7 nitrogen and oxygen atoms in total. The molecule has 0 fully saturated rings. The SMILES string of the molecule is COc1ccc(CCN2C(=O)c3oc4ccc(F)cc4c(=O)c3C23C(=O)N(Cc2ccccc2)c2ccccc23)cc1. The largest absolute Gasteiger partial charge is 0.497 e. The van der Waals surface area contributed by atoms with Crippen LogP contribution in [0.1, 0.15) is 32.8 Å². The van der Waals surface area contributed by atoms with Crippen LogP contribution in [-0.4, -0.2) is 30.4 Å². The lowest BCUT2D eigenvalue weighted by molar-refractivity contribution is -0.126. The summed E-state index contributed by atoms with van der Waals surface area (Å²) in [6, 6.07) is 27.7. The Bertz CT molecular complexity index is 1940. The minimum Gasteiger partial charge on any atom is -0.497 e. The van der Waals surface area contributed by atoms with Gasteiger partial charge >= 0.3 is 0 Å². The smallest absolute Gasteiger partial charge is 0.291 e. The molecule has 8 heteroatoms. The minimum absolute atomic E-state index is 0.0234. The van der Waals surface area contributed by atoms with Crippen LogP contribution in [0.5, 0.6) is 5.75 Å². The zero-order valence-corrected chi connectivity index (χ0v) is 22.7. The van der Waals surface area contributed by atoms with Crippen LogP contribution in [0.15, 0.2) is 106 Å². The van der Waals surface area contributed by atoms with Crippen LogP contribution in [0.2, 0.25) is 0 Å². The van der Waals surface area contributed by atoms with E-state index in [9.17, 15) is 18.8 Å². The number of amides is 2. The Morgan fingerprint density at radius 3 is 2.36 bits per heavy atom. The molecule has 42 heavy (non-hydrogen) atoms. The van der Waals surface area contributed by atoms with E-state index in [1.54, 1.807) is 24.1 Å². The van der Waals surface area contributed by atoms with Crippen LogP contribution in [0.3, 0.4) is 0 Å². The molecule has 1 atom stereocenters. The van der Waals surface area contributed by atoms with E-state index in [2.05, 4.69) is 0 Å². The van der Waals surface area contributed by atoms with E-state index in [0.717, 1.165) is 17.2 Å². The zero-order chi connectivity index (χ0) is 29.0. The lowest BCUT2D eigenvalue weighted by atomic mass is 9.83. The Balaban J connectivity index is 1.44. The molecule has 0 radical (unpaired) electrons. The number of fused-ring (bicyclic) bond motifs is 5. The molecular weight excluding hydrogens is 535 g/mol. The summed E-state index contributed by atoms with van der Waals surface area (Å²) >= 11 is 0. The van der Waals surface area contributed by atoms with Crippen molar-refractivity contribution < 1.29 is 23.1 Å². The number of hydrogen-bond acceptors (Lipinski definition) is 5. The molecule has 0 bridgehead atoms. The average molecular weight is 561 g/mol. The van der Waals surface area contributed by atoms with E-state index in [1.165, 1.54) is 17.0 Å². The number of anilines is 1. The van der Waals surface area contributed by atoms with Crippen LogP contribution in [0.25, 0.3) is 11.0 Å².